The summed E-state index contributed by atoms with van der Waals surface area (Å²) in [5.41, 5.74) is 8.15. The number of hydrogen-bond acceptors (Lipinski definition) is 3. The van der Waals surface area contributed by atoms with Crippen molar-refractivity contribution < 1.29 is 4.39 Å². The maximum atomic E-state index is 13.6. The summed E-state index contributed by atoms with van der Waals surface area (Å²) < 4.78 is 13.6. The summed E-state index contributed by atoms with van der Waals surface area (Å²) in [7, 11) is 2.13. The third kappa shape index (κ3) is 3.82. The van der Waals surface area contributed by atoms with Gasteiger partial charge in [0.05, 0.1) is 0 Å². The Bertz CT molecular complexity index is 455. The Kier molecular flexibility index (Phi) is 5.73. The fourth-order valence-corrected chi connectivity index (χ4v) is 3.38. The van der Waals surface area contributed by atoms with Gasteiger partial charge in [-0.25, -0.2) is 4.39 Å². The van der Waals surface area contributed by atoms with E-state index in [9.17, 15) is 4.39 Å². The molecule has 3 nitrogen and oxygen atoms in total. The molecule has 1 unspecified atom stereocenters. The summed E-state index contributed by atoms with van der Waals surface area (Å²) in [6, 6.07) is 5.64. The second kappa shape index (κ2) is 7.34. The van der Waals surface area contributed by atoms with Crippen LogP contribution in [0.3, 0.4) is 0 Å². The van der Waals surface area contributed by atoms with Gasteiger partial charge in [-0.3, -0.25) is 4.90 Å². The normalized spacial score (nSPS) is 19.1. The molecule has 1 heterocycles. The van der Waals surface area contributed by atoms with Crippen molar-refractivity contribution in [1.82, 2.24) is 9.80 Å². The second-order valence-corrected chi connectivity index (χ2v) is 6.08. The molecule has 0 aromatic heterocycles. The molecular formula is C17H28FN3. The molecule has 0 saturated carbocycles. The number of hydrogen-bond donors (Lipinski definition) is 1. The molecule has 1 atom stereocenters. The van der Waals surface area contributed by atoms with Crippen molar-refractivity contribution in [2.75, 3.05) is 33.2 Å². The molecule has 2 N–H and O–H groups in total. The van der Waals surface area contributed by atoms with Crippen LogP contribution >= 0.6 is 0 Å². The van der Waals surface area contributed by atoms with Crippen LogP contribution in [0.15, 0.2) is 18.2 Å². The van der Waals surface area contributed by atoms with Crippen LogP contribution < -0.4 is 5.73 Å². The molecule has 0 spiro atoms. The highest BCUT2D eigenvalue weighted by molar-refractivity contribution is 5.30. The minimum atomic E-state index is -0.178. The lowest BCUT2D eigenvalue weighted by molar-refractivity contribution is 0.100. The van der Waals surface area contributed by atoms with Crippen molar-refractivity contribution in [2.45, 2.75) is 38.8 Å². The number of halogens is 1. The molecule has 118 valence electrons. The number of likely N-dealkylation sites (N-methyl/N-ethyl adjacent to an activating group) is 1. The highest BCUT2D eigenvalue weighted by Gasteiger charge is 2.27. The van der Waals surface area contributed by atoms with E-state index in [1.54, 1.807) is 6.07 Å². The predicted octanol–water partition coefficient (Wildman–Crippen LogP) is 2.55. The number of benzene rings is 1. The number of piperidine rings is 1. The fraction of sp³-hybridized carbons (Fsp3) is 0.647. The van der Waals surface area contributed by atoms with E-state index in [1.807, 2.05) is 13.0 Å². The molecule has 0 bridgehead atoms. The van der Waals surface area contributed by atoms with Crippen molar-refractivity contribution in [2.24, 2.45) is 5.73 Å². The van der Waals surface area contributed by atoms with E-state index in [-0.39, 0.29) is 11.9 Å². The summed E-state index contributed by atoms with van der Waals surface area (Å²) in [6.07, 6.45) is 2.32. The molecule has 1 aliphatic rings. The molecular weight excluding hydrogens is 265 g/mol. The van der Waals surface area contributed by atoms with E-state index in [4.69, 9.17) is 5.73 Å². The number of rotatable bonds is 5. The second-order valence-electron chi connectivity index (χ2n) is 6.08. The number of aryl methyl sites for hydroxylation is 1. The average Bonchev–Trinajstić information content (AvgIpc) is 2.51. The Balaban J connectivity index is 2.11. The van der Waals surface area contributed by atoms with Crippen LogP contribution in [0, 0.1) is 12.7 Å². The standard InChI is InChI=1S/C17H28FN3/c1-4-21-9-7-15(8-10-21)20(3)17(12-19)16-11-14(18)6-5-13(16)2/h5-6,11,15,17H,4,7-10,12,19H2,1-3H3. The zero-order valence-corrected chi connectivity index (χ0v) is 13.5. The first-order valence-electron chi connectivity index (χ1n) is 7.97. The van der Waals surface area contributed by atoms with Gasteiger partial charge < -0.3 is 10.6 Å². The van der Waals surface area contributed by atoms with Crippen LogP contribution in [-0.2, 0) is 0 Å². The Hall–Kier alpha value is -0.970. The predicted molar refractivity (Wildman–Crippen MR) is 85.8 cm³/mol. The summed E-state index contributed by atoms with van der Waals surface area (Å²) >= 11 is 0. The van der Waals surface area contributed by atoms with Gasteiger partial charge >= 0.3 is 0 Å². The van der Waals surface area contributed by atoms with Gasteiger partial charge in [0.2, 0.25) is 0 Å². The van der Waals surface area contributed by atoms with Gasteiger partial charge in [-0.1, -0.05) is 13.0 Å². The minimum Gasteiger partial charge on any atom is -0.329 e. The van der Waals surface area contributed by atoms with Gasteiger partial charge in [0.25, 0.3) is 0 Å². The van der Waals surface area contributed by atoms with E-state index < -0.39 is 0 Å². The van der Waals surface area contributed by atoms with Gasteiger partial charge in [0.15, 0.2) is 0 Å². The maximum Gasteiger partial charge on any atom is 0.123 e. The molecule has 1 aliphatic heterocycles. The Morgan fingerprint density at radius 3 is 2.62 bits per heavy atom. The van der Waals surface area contributed by atoms with E-state index in [1.165, 1.54) is 6.07 Å². The number of likely N-dealkylation sites (tertiary alicyclic amines) is 1. The molecule has 21 heavy (non-hydrogen) atoms. The molecule has 0 radical (unpaired) electrons. The molecule has 1 saturated heterocycles. The zero-order valence-electron chi connectivity index (χ0n) is 13.5. The topological polar surface area (TPSA) is 32.5 Å². The van der Waals surface area contributed by atoms with Gasteiger partial charge in [-0.05, 0) is 69.7 Å². The quantitative estimate of drug-likeness (QED) is 0.905. The smallest absolute Gasteiger partial charge is 0.123 e. The van der Waals surface area contributed by atoms with E-state index in [2.05, 4.69) is 23.8 Å². The highest BCUT2D eigenvalue weighted by Crippen LogP contribution is 2.27. The fourth-order valence-electron chi connectivity index (χ4n) is 3.38. The lowest BCUT2D eigenvalue weighted by Gasteiger charge is -2.40. The minimum absolute atomic E-state index is 0.0962. The van der Waals surface area contributed by atoms with E-state index in [0.717, 1.165) is 43.6 Å². The first-order chi connectivity index (χ1) is 10.1. The third-order valence-corrected chi connectivity index (χ3v) is 4.90. The first-order valence-corrected chi connectivity index (χ1v) is 7.97. The van der Waals surface area contributed by atoms with Crippen molar-refractivity contribution in [3.05, 3.63) is 35.1 Å². The van der Waals surface area contributed by atoms with Gasteiger partial charge in [-0.2, -0.15) is 0 Å². The molecule has 1 aromatic carbocycles. The monoisotopic (exact) mass is 293 g/mol. The Morgan fingerprint density at radius 1 is 1.38 bits per heavy atom. The molecule has 1 aromatic rings. The SMILES string of the molecule is CCN1CCC(N(C)C(CN)c2cc(F)ccc2C)CC1. The largest absolute Gasteiger partial charge is 0.329 e. The van der Waals surface area contributed by atoms with Crippen LogP contribution in [0.25, 0.3) is 0 Å². The Labute approximate surface area is 127 Å². The molecule has 0 amide bonds. The number of nitrogens with two attached hydrogens (primary N) is 1. The lowest BCUT2D eigenvalue weighted by atomic mass is 9.96. The highest BCUT2D eigenvalue weighted by atomic mass is 19.1. The van der Waals surface area contributed by atoms with E-state index in [0.29, 0.717) is 12.6 Å². The van der Waals surface area contributed by atoms with Crippen LogP contribution in [0.2, 0.25) is 0 Å². The van der Waals surface area contributed by atoms with E-state index >= 15 is 0 Å². The van der Waals surface area contributed by atoms with Gasteiger partial charge in [-0.15, -0.1) is 0 Å². The van der Waals surface area contributed by atoms with Gasteiger partial charge in [0, 0.05) is 18.6 Å². The molecule has 0 aliphatic carbocycles. The Morgan fingerprint density at radius 2 is 2.05 bits per heavy atom. The van der Waals surface area contributed by atoms with Crippen LogP contribution in [0.1, 0.15) is 36.9 Å². The maximum absolute atomic E-state index is 13.6. The van der Waals surface area contributed by atoms with Crippen molar-refractivity contribution >= 4 is 0 Å². The van der Waals surface area contributed by atoms with Crippen LogP contribution in [-0.4, -0.2) is 49.1 Å². The summed E-state index contributed by atoms with van der Waals surface area (Å²) in [4.78, 5) is 4.84. The van der Waals surface area contributed by atoms with Gasteiger partial charge in [0.1, 0.15) is 5.82 Å². The molecule has 4 heteroatoms. The number of nitrogens with zero attached hydrogens (tertiary/aromatic N) is 2. The average molecular weight is 293 g/mol. The van der Waals surface area contributed by atoms with Crippen molar-refractivity contribution in [3.8, 4) is 0 Å². The van der Waals surface area contributed by atoms with Crippen molar-refractivity contribution in [1.29, 1.82) is 0 Å². The van der Waals surface area contributed by atoms with Crippen LogP contribution in [0.5, 0.6) is 0 Å². The first kappa shape index (κ1) is 16.4. The van der Waals surface area contributed by atoms with Crippen LogP contribution in [0.4, 0.5) is 4.39 Å². The molecule has 1 fully saturated rings. The zero-order chi connectivity index (χ0) is 15.4. The summed E-state index contributed by atoms with van der Waals surface area (Å²) in [5.74, 6) is -0.178. The summed E-state index contributed by atoms with van der Waals surface area (Å²) in [6.45, 7) is 8.18. The lowest BCUT2D eigenvalue weighted by Crippen LogP contribution is -2.46. The third-order valence-electron chi connectivity index (χ3n) is 4.90. The molecule has 2 rings (SSSR count). The van der Waals surface area contributed by atoms with Crippen molar-refractivity contribution in [3.63, 3.8) is 0 Å². The summed E-state index contributed by atoms with van der Waals surface area (Å²) in [5, 5.41) is 0.